The molecule has 2 N–H and O–H groups in total. The fourth-order valence-electron chi connectivity index (χ4n) is 2.74. The Hall–Kier alpha value is -0.900. The fraction of sp³-hybridized carbons (Fsp3) is 0.571. The first kappa shape index (κ1) is 9.09. The number of β-amino-alcohol motifs (C(OH)–C–C–N with tert-alkyl or cyclic N) is 1. The smallest absolute Gasteiger partial charge is 0.0820 e. The van der Waals surface area contributed by atoms with Gasteiger partial charge in [0.2, 0.25) is 0 Å². The SMILES string of the molecule is [2H]C1([2H])c2ccccc2CCN1[C@@H]1CCNC[C@H]1O. The van der Waals surface area contributed by atoms with Crippen molar-refractivity contribution in [2.75, 3.05) is 19.6 Å². The number of fused-ring (bicyclic) bond motifs is 1. The molecule has 3 heteroatoms. The molecule has 3 nitrogen and oxygen atoms in total. The monoisotopic (exact) mass is 234 g/mol. The van der Waals surface area contributed by atoms with Crippen LogP contribution in [0.15, 0.2) is 24.3 Å². The second-order valence-corrected chi connectivity index (χ2v) is 4.84. The van der Waals surface area contributed by atoms with Crippen LogP contribution in [0.1, 0.15) is 20.3 Å². The molecular formula is C14H20N2O. The highest BCUT2D eigenvalue weighted by atomic mass is 16.3. The largest absolute Gasteiger partial charge is 0.390 e. The maximum Gasteiger partial charge on any atom is 0.0820 e. The lowest BCUT2D eigenvalue weighted by Crippen LogP contribution is -2.53. The second-order valence-electron chi connectivity index (χ2n) is 4.84. The van der Waals surface area contributed by atoms with Crippen LogP contribution in [0, 0.1) is 0 Å². The van der Waals surface area contributed by atoms with Crippen molar-refractivity contribution in [3.63, 3.8) is 0 Å². The number of nitrogens with one attached hydrogen (secondary N) is 1. The number of rotatable bonds is 1. The summed E-state index contributed by atoms with van der Waals surface area (Å²) in [4.78, 5) is 1.85. The fourth-order valence-corrected chi connectivity index (χ4v) is 2.74. The number of piperidine rings is 1. The van der Waals surface area contributed by atoms with E-state index in [9.17, 15) is 5.11 Å². The number of hydrogen-bond acceptors (Lipinski definition) is 3. The number of aliphatic hydroxyl groups is 1. The third kappa shape index (κ3) is 2.23. The van der Waals surface area contributed by atoms with Crippen LogP contribution in [0.3, 0.4) is 0 Å². The van der Waals surface area contributed by atoms with E-state index in [1.165, 1.54) is 0 Å². The van der Waals surface area contributed by atoms with Crippen molar-refractivity contribution >= 4 is 0 Å². The van der Waals surface area contributed by atoms with Crippen LogP contribution in [-0.4, -0.2) is 41.8 Å². The minimum Gasteiger partial charge on any atom is -0.390 e. The molecule has 17 heavy (non-hydrogen) atoms. The normalized spacial score (nSPS) is 34.6. The maximum atomic E-state index is 10.1. The van der Waals surface area contributed by atoms with E-state index in [0.29, 0.717) is 13.1 Å². The van der Waals surface area contributed by atoms with E-state index in [1.54, 1.807) is 0 Å². The summed E-state index contributed by atoms with van der Waals surface area (Å²) in [5.74, 6) is 0. The summed E-state index contributed by atoms with van der Waals surface area (Å²) >= 11 is 0. The third-order valence-electron chi connectivity index (χ3n) is 3.72. The zero-order chi connectivity index (χ0) is 13.5. The Morgan fingerprint density at radius 3 is 3.00 bits per heavy atom. The molecule has 92 valence electrons. The van der Waals surface area contributed by atoms with E-state index in [4.69, 9.17) is 2.74 Å². The van der Waals surface area contributed by atoms with Gasteiger partial charge >= 0.3 is 0 Å². The van der Waals surface area contributed by atoms with Gasteiger partial charge < -0.3 is 10.4 Å². The maximum absolute atomic E-state index is 10.1. The molecule has 0 saturated carbocycles. The van der Waals surface area contributed by atoms with Crippen molar-refractivity contribution < 1.29 is 7.85 Å². The number of benzene rings is 1. The molecule has 2 atom stereocenters. The topological polar surface area (TPSA) is 35.5 Å². The van der Waals surface area contributed by atoms with Gasteiger partial charge in [-0.25, -0.2) is 0 Å². The van der Waals surface area contributed by atoms with Crippen LogP contribution in [0.4, 0.5) is 0 Å². The molecule has 1 fully saturated rings. The van der Waals surface area contributed by atoms with Crippen molar-refractivity contribution in [3.8, 4) is 0 Å². The van der Waals surface area contributed by atoms with Gasteiger partial charge in [-0.05, 0) is 30.5 Å². The molecule has 3 rings (SSSR count). The molecule has 2 heterocycles. The van der Waals surface area contributed by atoms with E-state index in [-0.39, 0.29) is 6.04 Å². The molecule has 0 amide bonds. The first-order valence-corrected chi connectivity index (χ1v) is 6.34. The first-order chi connectivity index (χ1) is 9.10. The van der Waals surface area contributed by atoms with Crippen molar-refractivity contribution in [1.82, 2.24) is 10.2 Å². The predicted molar refractivity (Wildman–Crippen MR) is 67.8 cm³/mol. The Morgan fingerprint density at radius 1 is 1.35 bits per heavy atom. The van der Waals surface area contributed by atoms with E-state index >= 15 is 0 Å². The van der Waals surface area contributed by atoms with Crippen LogP contribution >= 0.6 is 0 Å². The Morgan fingerprint density at radius 2 is 2.18 bits per heavy atom. The van der Waals surface area contributed by atoms with Gasteiger partial charge in [-0.2, -0.15) is 0 Å². The van der Waals surface area contributed by atoms with Crippen LogP contribution in [0.5, 0.6) is 0 Å². The Labute approximate surface area is 105 Å². The second kappa shape index (κ2) is 4.77. The Kier molecular flexibility index (Phi) is 2.55. The highest BCUT2D eigenvalue weighted by Gasteiger charge is 2.30. The van der Waals surface area contributed by atoms with E-state index < -0.39 is 12.6 Å². The molecule has 0 bridgehead atoms. The molecular weight excluding hydrogens is 212 g/mol. The molecule has 0 spiro atoms. The summed E-state index contributed by atoms with van der Waals surface area (Å²) in [7, 11) is 0. The molecule has 1 aromatic rings. The summed E-state index contributed by atoms with van der Waals surface area (Å²) in [6, 6.07) is 7.63. The first-order valence-electron chi connectivity index (χ1n) is 7.34. The highest BCUT2D eigenvalue weighted by Crippen LogP contribution is 2.23. The Bertz CT molecular complexity index is 467. The van der Waals surface area contributed by atoms with Crippen molar-refractivity contribution in [1.29, 1.82) is 0 Å². The number of aliphatic hydroxyl groups excluding tert-OH is 1. The molecule has 0 unspecified atom stereocenters. The molecule has 2 aliphatic rings. The highest BCUT2D eigenvalue weighted by molar-refractivity contribution is 5.29. The molecule has 1 aromatic carbocycles. The molecule has 0 radical (unpaired) electrons. The summed E-state index contributed by atoms with van der Waals surface area (Å²) in [6.07, 6.45) is 1.16. The van der Waals surface area contributed by atoms with Gasteiger partial charge in [-0.15, -0.1) is 0 Å². The predicted octanol–water partition coefficient (Wildman–Crippen LogP) is 0.768. The van der Waals surface area contributed by atoms with Gasteiger partial charge in [0.1, 0.15) is 0 Å². The van der Waals surface area contributed by atoms with Crippen LogP contribution in [0.25, 0.3) is 0 Å². The van der Waals surface area contributed by atoms with E-state index in [2.05, 4.69) is 5.32 Å². The summed E-state index contributed by atoms with van der Waals surface area (Å²) in [6.45, 7) is 0.582. The minimum atomic E-state index is -1.49. The molecule has 1 saturated heterocycles. The van der Waals surface area contributed by atoms with E-state index in [0.717, 1.165) is 30.5 Å². The van der Waals surface area contributed by atoms with Crippen LogP contribution in [0.2, 0.25) is 0 Å². The molecule has 0 aromatic heterocycles. The Balaban J connectivity index is 1.92. The summed E-state index contributed by atoms with van der Waals surface area (Å²) in [5, 5.41) is 13.3. The summed E-state index contributed by atoms with van der Waals surface area (Å²) in [5.41, 5.74) is 1.85. The van der Waals surface area contributed by atoms with Crippen LogP contribution < -0.4 is 5.32 Å². The van der Waals surface area contributed by atoms with Gasteiger partial charge in [0, 0.05) is 28.4 Å². The quantitative estimate of drug-likeness (QED) is 0.753. The zero-order valence-corrected chi connectivity index (χ0v) is 9.89. The minimum absolute atomic E-state index is 0.0930. The van der Waals surface area contributed by atoms with Crippen molar-refractivity contribution in [2.45, 2.75) is 31.5 Å². The standard InChI is InChI=1S/C14H20N2O/c17-14-9-15-7-5-13(14)16-8-6-11-3-1-2-4-12(11)10-16/h1-4,13-15,17H,5-10H2/t13-,14-/m1/s1/i10D2. The zero-order valence-electron chi connectivity index (χ0n) is 11.9. The van der Waals surface area contributed by atoms with E-state index in [1.807, 2.05) is 29.2 Å². The summed E-state index contributed by atoms with van der Waals surface area (Å²) < 4.78 is 16.9. The lowest BCUT2D eigenvalue weighted by Gasteiger charge is -2.40. The van der Waals surface area contributed by atoms with Crippen LogP contribution in [-0.2, 0) is 12.9 Å². The molecule has 2 aliphatic heterocycles. The van der Waals surface area contributed by atoms with Gasteiger partial charge in [-0.3, -0.25) is 4.90 Å². The van der Waals surface area contributed by atoms with Gasteiger partial charge in [-0.1, -0.05) is 24.3 Å². The third-order valence-corrected chi connectivity index (χ3v) is 3.72. The molecule has 0 aliphatic carbocycles. The average molecular weight is 234 g/mol. The van der Waals surface area contributed by atoms with Gasteiger partial charge in [0.15, 0.2) is 0 Å². The lowest BCUT2D eigenvalue weighted by atomic mass is 9.95. The number of nitrogens with zero attached hydrogens (tertiary/aromatic N) is 1. The van der Waals surface area contributed by atoms with Crippen molar-refractivity contribution in [2.24, 2.45) is 0 Å². The van der Waals surface area contributed by atoms with Crippen molar-refractivity contribution in [3.05, 3.63) is 35.4 Å². The average Bonchev–Trinajstić information content (AvgIpc) is 2.40. The van der Waals surface area contributed by atoms with Gasteiger partial charge in [0.05, 0.1) is 6.10 Å². The number of hydrogen-bond donors (Lipinski definition) is 2. The lowest BCUT2D eigenvalue weighted by molar-refractivity contribution is 0.0220. The van der Waals surface area contributed by atoms with Gasteiger partial charge in [0.25, 0.3) is 0 Å².